The number of carbonyl (C=O) groups is 2. The fraction of sp³-hybridized carbons (Fsp3) is 0.818. The van der Waals surface area contributed by atoms with Gasteiger partial charge in [-0.05, 0) is 40.0 Å². The zero-order valence-corrected chi connectivity index (χ0v) is 9.66. The number of carbonyl (C=O) groups excluding carboxylic acids is 2. The quantitative estimate of drug-likeness (QED) is 0.488. The van der Waals surface area contributed by atoms with Crippen molar-refractivity contribution in [3.8, 4) is 0 Å². The van der Waals surface area contributed by atoms with Gasteiger partial charge in [0.25, 0.3) is 0 Å². The van der Waals surface area contributed by atoms with E-state index in [4.69, 9.17) is 4.74 Å². The van der Waals surface area contributed by atoms with Crippen molar-refractivity contribution in [2.45, 2.75) is 52.1 Å². The molecule has 0 aliphatic carbocycles. The minimum absolute atomic E-state index is 0.144. The summed E-state index contributed by atoms with van der Waals surface area (Å²) in [5, 5.41) is 0. The number of esters is 1. The number of nitrogens with zero attached hydrogens (tertiary/aromatic N) is 1. The van der Waals surface area contributed by atoms with Gasteiger partial charge >= 0.3 is 11.9 Å². The second-order valence-electron chi connectivity index (χ2n) is 4.06. The summed E-state index contributed by atoms with van der Waals surface area (Å²) in [5.41, 5.74) is 0. The number of rotatable bonds is 1. The Morgan fingerprint density at radius 3 is 2.27 bits per heavy atom. The van der Waals surface area contributed by atoms with E-state index in [2.05, 4.69) is 0 Å². The third-order valence-corrected chi connectivity index (χ3v) is 2.88. The largest absolute Gasteiger partial charge is 0.459 e. The van der Waals surface area contributed by atoms with E-state index in [1.807, 2.05) is 13.8 Å². The minimum Gasteiger partial charge on any atom is -0.459 e. The zero-order valence-electron chi connectivity index (χ0n) is 9.66. The molecule has 4 nitrogen and oxygen atoms in total. The highest BCUT2D eigenvalue weighted by molar-refractivity contribution is 6.32. The highest BCUT2D eigenvalue weighted by Crippen LogP contribution is 2.22. The van der Waals surface area contributed by atoms with E-state index in [9.17, 15) is 9.59 Å². The van der Waals surface area contributed by atoms with Gasteiger partial charge in [0.2, 0.25) is 0 Å². The van der Waals surface area contributed by atoms with Crippen LogP contribution in [0.1, 0.15) is 40.0 Å². The van der Waals surface area contributed by atoms with E-state index in [0.717, 1.165) is 19.3 Å². The average molecular weight is 213 g/mol. The fourth-order valence-electron chi connectivity index (χ4n) is 2.12. The van der Waals surface area contributed by atoms with E-state index in [1.54, 1.807) is 11.8 Å². The summed E-state index contributed by atoms with van der Waals surface area (Å²) >= 11 is 0. The van der Waals surface area contributed by atoms with Gasteiger partial charge in [-0.1, -0.05) is 0 Å². The summed E-state index contributed by atoms with van der Waals surface area (Å²) < 4.78 is 4.72. The molecular formula is C11H19NO3. The predicted molar refractivity (Wildman–Crippen MR) is 56.3 cm³/mol. The van der Waals surface area contributed by atoms with Crippen molar-refractivity contribution in [3.63, 3.8) is 0 Å². The molecule has 1 rings (SSSR count). The fourth-order valence-corrected chi connectivity index (χ4v) is 2.12. The molecule has 4 heteroatoms. The zero-order chi connectivity index (χ0) is 11.4. The van der Waals surface area contributed by atoms with Crippen molar-refractivity contribution in [1.82, 2.24) is 4.90 Å². The van der Waals surface area contributed by atoms with Gasteiger partial charge in [-0.2, -0.15) is 0 Å². The van der Waals surface area contributed by atoms with Gasteiger partial charge < -0.3 is 9.64 Å². The topological polar surface area (TPSA) is 46.6 Å². The van der Waals surface area contributed by atoms with E-state index < -0.39 is 11.9 Å². The Morgan fingerprint density at radius 1 is 1.27 bits per heavy atom. The lowest BCUT2D eigenvalue weighted by molar-refractivity contribution is -0.163. The monoisotopic (exact) mass is 213 g/mol. The highest BCUT2D eigenvalue weighted by Gasteiger charge is 2.33. The van der Waals surface area contributed by atoms with Crippen molar-refractivity contribution in [2.24, 2.45) is 0 Å². The van der Waals surface area contributed by atoms with Crippen LogP contribution in [0, 0.1) is 0 Å². The molecule has 1 aliphatic rings. The second-order valence-corrected chi connectivity index (χ2v) is 4.06. The standard InChI is InChI=1S/C11H19NO3/c1-4-15-11(14)10(13)12-8(2)6-5-7-9(12)3/h8-9H,4-7H2,1-3H3/t8-,9?/m0/s1. The van der Waals surface area contributed by atoms with Crippen molar-refractivity contribution >= 4 is 11.9 Å². The summed E-state index contributed by atoms with van der Waals surface area (Å²) in [7, 11) is 0. The van der Waals surface area contributed by atoms with Crippen LogP contribution in [0.15, 0.2) is 0 Å². The number of piperidine rings is 1. The molecule has 1 amide bonds. The van der Waals surface area contributed by atoms with Crippen LogP contribution < -0.4 is 0 Å². The third kappa shape index (κ3) is 2.70. The van der Waals surface area contributed by atoms with E-state index in [0.29, 0.717) is 0 Å². The molecule has 1 aliphatic heterocycles. The van der Waals surface area contributed by atoms with Gasteiger partial charge in [-0.15, -0.1) is 0 Å². The van der Waals surface area contributed by atoms with Gasteiger partial charge in [0.15, 0.2) is 0 Å². The average Bonchev–Trinajstić information content (AvgIpc) is 2.17. The first kappa shape index (κ1) is 12.0. The molecule has 0 saturated carbocycles. The lowest BCUT2D eigenvalue weighted by Crippen LogP contribution is -2.50. The number of ether oxygens (including phenoxy) is 1. The molecular weight excluding hydrogens is 194 g/mol. The van der Waals surface area contributed by atoms with Gasteiger partial charge in [0.1, 0.15) is 0 Å². The second kappa shape index (κ2) is 5.14. The molecule has 0 spiro atoms. The van der Waals surface area contributed by atoms with Crippen LogP contribution in [0.3, 0.4) is 0 Å². The first-order chi connectivity index (χ1) is 7.07. The molecule has 0 aromatic carbocycles. The Balaban J connectivity index is 2.67. The Morgan fingerprint density at radius 2 is 1.80 bits per heavy atom. The van der Waals surface area contributed by atoms with Gasteiger partial charge in [0.05, 0.1) is 6.61 Å². The molecule has 1 saturated heterocycles. The molecule has 2 atom stereocenters. The van der Waals surface area contributed by atoms with Crippen LogP contribution in [-0.4, -0.2) is 35.5 Å². The Bertz CT molecular complexity index is 242. The maximum absolute atomic E-state index is 11.8. The minimum atomic E-state index is -0.724. The van der Waals surface area contributed by atoms with Crippen molar-refractivity contribution < 1.29 is 14.3 Å². The van der Waals surface area contributed by atoms with Crippen LogP contribution in [0.4, 0.5) is 0 Å². The highest BCUT2D eigenvalue weighted by atomic mass is 16.5. The molecule has 0 bridgehead atoms. The molecule has 1 unspecified atom stereocenters. The van der Waals surface area contributed by atoms with Gasteiger partial charge in [0, 0.05) is 12.1 Å². The van der Waals surface area contributed by atoms with Crippen molar-refractivity contribution in [1.29, 1.82) is 0 Å². The maximum Gasteiger partial charge on any atom is 0.397 e. The molecule has 0 aromatic heterocycles. The smallest absolute Gasteiger partial charge is 0.397 e. The van der Waals surface area contributed by atoms with Gasteiger partial charge in [-0.3, -0.25) is 4.79 Å². The van der Waals surface area contributed by atoms with Crippen LogP contribution in [0.2, 0.25) is 0 Å². The first-order valence-electron chi connectivity index (χ1n) is 5.57. The molecule has 15 heavy (non-hydrogen) atoms. The summed E-state index contributed by atoms with van der Waals surface area (Å²) in [5.74, 6) is -1.21. The molecule has 1 heterocycles. The Hall–Kier alpha value is -1.06. The molecule has 0 radical (unpaired) electrons. The summed E-state index contributed by atoms with van der Waals surface area (Å²) in [6.45, 7) is 5.91. The maximum atomic E-state index is 11.8. The third-order valence-electron chi connectivity index (χ3n) is 2.88. The number of hydrogen-bond donors (Lipinski definition) is 0. The van der Waals surface area contributed by atoms with E-state index in [-0.39, 0.29) is 18.7 Å². The van der Waals surface area contributed by atoms with Crippen LogP contribution in [0.5, 0.6) is 0 Å². The van der Waals surface area contributed by atoms with Crippen molar-refractivity contribution in [3.05, 3.63) is 0 Å². The number of hydrogen-bond acceptors (Lipinski definition) is 3. The lowest BCUT2D eigenvalue weighted by Gasteiger charge is -2.38. The normalized spacial score (nSPS) is 26.2. The summed E-state index contributed by atoms with van der Waals surface area (Å²) in [4.78, 5) is 24.7. The SMILES string of the molecule is CCOC(=O)C(=O)N1C(C)CCC[C@@H]1C. The summed E-state index contributed by atoms with van der Waals surface area (Å²) in [6.07, 6.45) is 3.06. The molecule has 0 aromatic rings. The first-order valence-corrected chi connectivity index (χ1v) is 5.57. The Kier molecular flexibility index (Phi) is 4.12. The summed E-state index contributed by atoms with van der Waals surface area (Å²) in [6, 6.07) is 0.288. The molecule has 86 valence electrons. The number of likely N-dealkylation sites (tertiary alicyclic amines) is 1. The van der Waals surface area contributed by atoms with Gasteiger partial charge in [-0.25, -0.2) is 4.79 Å². The Labute approximate surface area is 90.6 Å². The molecule has 0 N–H and O–H groups in total. The van der Waals surface area contributed by atoms with Crippen molar-refractivity contribution in [2.75, 3.05) is 6.61 Å². The van der Waals surface area contributed by atoms with Crippen LogP contribution in [0.25, 0.3) is 0 Å². The molecule has 1 fully saturated rings. The van der Waals surface area contributed by atoms with Crippen LogP contribution in [-0.2, 0) is 14.3 Å². The lowest BCUT2D eigenvalue weighted by atomic mass is 9.97. The van der Waals surface area contributed by atoms with E-state index >= 15 is 0 Å². The number of amides is 1. The van der Waals surface area contributed by atoms with Crippen LogP contribution >= 0.6 is 0 Å². The van der Waals surface area contributed by atoms with E-state index in [1.165, 1.54) is 0 Å². The predicted octanol–water partition coefficient (Wildman–Crippen LogP) is 1.34.